The summed E-state index contributed by atoms with van der Waals surface area (Å²) in [7, 11) is 0. The molecule has 4 aliphatic rings. The number of carboxylic acid groups (broad SMARTS) is 1. The third-order valence-electron chi connectivity index (χ3n) is 10.3. The Balaban J connectivity index is 1.67. The highest BCUT2D eigenvalue weighted by Gasteiger charge is 2.66. The van der Waals surface area contributed by atoms with Crippen LogP contribution in [-0.2, 0) is 14.4 Å². The molecular weight excluding hydrogens is 352 g/mol. The third kappa shape index (κ3) is 2.51. The number of hydrogen-bond acceptors (Lipinski definition) is 3. The Hall–Kier alpha value is -1.19. The summed E-state index contributed by atoms with van der Waals surface area (Å²) < 4.78 is 0. The summed E-state index contributed by atoms with van der Waals surface area (Å²) in [6, 6.07) is 0. The van der Waals surface area contributed by atoms with Gasteiger partial charge in [-0.05, 0) is 86.4 Å². The van der Waals surface area contributed by atoms with Crippen LogP contribution in [0, 0.1) is 45.8 Å². The van der Waals surface area contributed by atoms with Crippen molar-refractivity contribution in [3.63, 3.8) is 0 Å². The standard InChI is InChI=1S/C24H36O4/c1-14-12-22(3)16(11-20(14)26)5-6-17-18(22)7-9-23(4)19(17)8-10-24(23,15(2)25)13-21(27)28/h14,16-19H,5-13H2,1-4H3,(H,27,28)/t14?,16-,17-,18+,19+,22+,23+,24+/m1/s1. The first-order valence-corrected chi connectivity index (χ1v) is 11.3. The molecule has 0 aromatic carbocycles. The zero-order chi connectivity index (χ0) is 20.5. The zero-order valence-corrected chi connectivity index (χ0v) is 17.9. The van der Waals surface area contributed by atoms with Gasteiger partial charge in [0.05, 0.1) is 6.42 Å². The van der Waals surface area contributed by atoms with E-state index in [4.69, 9.17) is 0 Å². The Morgan fingerprint density at radius 1 is 1.07 bits per heavy atom. The van der Waals surface area contributed by atoms with E-state index in [1.54, 1.807) is 6.92 Å². The van der Waals surface area contributed by atoms with Crippen molar-refractivity contribution in [2.75, 3.05) is 0 Å². The molecule has 4 saturated carbocycles. The van der Waals surface area contributed by atoms with Gasteiger partial charge in [-0.25, -0.2) is 0 Å². The van der Waals surface area contributed by atoms with Gasteiger partial charge in [0.1, 0.15) is 11.6 Å². The fourth-order valence-corrected chi connectivity index (χ4v) is 8.79. The molecule has 0 aromatic heterocycles. The highest BCUT2D eigenvalue weighted by atomic mass is 16.4. The molecule has 0 saturated heterocycles. The van der Waals surface area contributed by atoms with Gasteiger partial charge in [0.25, 0.3) is 0 Å². The van der Waals surface area contributed by atoms with Crippen molar-refractivity contribution in [2.45, 2.75) is 85.5 Å². The number of ketones is 2. The van der Waals surface area contributed by atoms with Crippen molar-refractivity contribution in [2.24, 2.45) is 45.8 Å². The largest absolute Gasteiger partial charge is 0.481 e. The van der Waals surface area contributed by atoms with Crippen LogP contribution in [-0.4, -0.2) is 22.6 Å². The molecule has 4 fully saturated rings. The van der Waals surface area contributed by atoms with Crippen molar-refractivity contribution in [1.82, 2.24) is 0 Å². The van der Waals surface area contributed by atoms with Gasteiger partial charge in [-0.1, -0.05) is 20.8 Å². The highest BCUT2D eigenvalue weighted by molar-refractivity contribution is 5.88. The van der Waals surface area contributed by atoms with Crippen LogP contribution in [0.15, 0.2) is 0 Å². The zero-order valence-electron chi connectivity index (χ0n) is 17.9. The van der Waals surface area contributed by atoms with Crippen molar-refractivity contribution in [1.29, 1.82) is 0 Å². The molecule has 0 aliphatic heterocycles. The maximum absolute atomic E-state index is 12.8. The molecule has 4 heteroatoms. The minimum Gasteiger partial charge on any atom is -0.481 e. The van der Waals surface area contributed by atoms with Crippen LogP contribution in [0.25, 0.3) is 0 Å². The Labute approximate surface area is 168 Å². The number of fused-ring (bicyclic) bond motifs is 5. The lowest BCUT2D eigenvalue weighted by Crippen LogP contribution is -2.57. The summed E-state index contributed by atoms with van der Waals surface area (Å²) in [4.78, 5) is 36.8. The van der Waals surface area contributed by atoms with E-state index in [-0.39, 0.29) is 29.0 Å². The van der Waals surface area contributed by atoms with Gasteiger partial charge in [-0.3, -0.25) is 14.4 Å². The van der Waals surface area contributed by atoms with E-state index in [0.29, 0.717) is 29.5 Å². The molecule has 4 rings (SSSR count). The van der Waals surface area contributed by atoms with E-state index in [9.17, 15) is 19.5 Å². The molecule has 156 valence electrons. The summed E-state index contributed by atoms with van der Waals surface area (Å²) >= 11 is 0. The van der Waals surface area contributed by atoms with Gasteiger partial charge in [-0.15, -0.1) is 0 Å². The maximum atomic E-state index is 12.8. The molecule has 0 spiro atoms. The highest BCUT2D eigenvalue weighted by Crippen LogP contribution is 2.71. The lowest BCUT2D eigenvalue weighted by Gasteiger charge is -2.62. The van der Waals surface area contributed by atoms with E-state index in [2.05, 4.69) is 20.8 Å². The Morgan fingerprint density at radius 2 is 1.75 bits per heavy atom. The van der Waals surface area contributed by atoms with Crippen molar-refractivity contribution in [3.8, 4) is 0 Å². The Kier molecular flexibility index (Phi) is 4.60. The van der Waals surface area contributed by atoms with E-state index >= 15 is 0 Å². The summed E-state index contributed by atoms with van der Waals surface area (Å²) in [6.45, 7) is 8.38. The Bertz CT molecular complexity index is 713. The van der Waals surface area contributed by atoms with Crippen LogP contribution in [0.5, 0.6) is 0 Å². The van der Waals surface area contributed by atoms with Gasteiger partial charge in [0.15, 0.2) is 0 Å². The summed E-state index contributed by atoms with van der Waals surface area (Å²) in [5.41, 5.74) is -0.661. The third-order valence-corrected chi connectivity index (χ3v) is 10.3. The first kappa shape index (κ1) is 20.1. The molecule has 0 amide bonds. The lowest BCUT2D eigenvalue weighted by atomic mass is 9.42. The second-order valence-electron chi connectivity index (χ2n) is 11.1. The second kappa shape index (κ2) is 6.40. The van der Waals surface area contributed by atoms with Gasteiger partial charge >= 0.3 is 5.97 Å². The van der Waals surface area contributed by atoms with Crippen LogP contribution in [0.2, 0.25) is 0 Å². The van der Waals surface area contributed by atoms with Crippen LogP contribution in [0.4, 0.5) is 0 Å². The molecule has 0 aromatic rings. The molecule has 0 heterocycles. The van der Waals surface area contributed by atoms with Gasteiger partial charge in [-0.2, -0.15) is 0 Å². The quantitative estimate of drug-likeness (QED) is 0.747. The number of rotatable bonds is 3. The van der Waals surface area contributed by atoms with Crippen LogP contribution < -0.4 is 0 Å². The molecular formula is C24H36O4. The summed E-state index contributed by atoms with van der Waals surface area (Å²) in [6.07, 6.45) is 7.76. The fourth-order valence-electron chi connectivity index (χ4n) is 8.79. The number of carbonyl (C=O) groups excluding carboxylic acids is 2. The minimum absolute atomic E-state index is 0.0157. The monoisotopic (exact) mass is 388 g/mol. The Morgan fingerprint density at radius 3 is 2.39 bits per heavy atom. The number of aliphatic carboxylic acids is 1. The average Bonchev–Trinajstić information content (AvgIpc) is 2.89. The van der Waals surface area contributed by atoms with Crippen molar-refractivity contribution >= 4 is 17.5 Å². The average molecular weight is 389 g/mol. The smallest absolute Gasteiger partial charge is 0.304 e. The van der Waals surface area contributed by atoms with Crippen LogP contribution >= 0.6 is 0 Å². The second-order valence-corrected chi connectivity index (χ2v) is 11.1. The first-order valence-electron chi connectivity index (χ1n) is 11.3. The van der Waals surface area contributed by atoms with E-state index < -0.39 is 11.4 Å². The number of carboxylic acids is 1. The first-order chi connectivity index (χ1) is 13.0. The molecule has 0 bridgehead atoms. The van der Waals surface area contributed by atoms with Crippen molar-refractivity contribution < 1.29 is 19.5 Å². The fraction of sp³-hybridized carbons (Fsp3) is 0.875. The van der Waals surface area contributed by atoms with Crippen molar-refractivity contribution in [3.05, 3.63) is 0 Å². The van der Waals surface area contributed by atoms with E-state index in [1.807, 2.05) is 0 Å². The molecule has 8 atom stereocenters. The molecule has 4 aliphatic carbocycles. The molecule has 1 unspecified atom stereocenters. The van der Waals surface area contributed by atoms with Gasteiger partial charge < -0.3 is 5.11 Å². The summed E-state index contributed by atoms with van der Waals surface area (Å²) in [5, 5.41) is 9.59. The number of hydrogen-bond donors (Lipinski definition) is 1. The molecule has 1 N–H and O–H groups in total. The van der Waals surface area contributed by atoms with E-state index in [0.717, 1.165) is 51.4 Å². The number of carbonyl (C=O) groups is 3. The molecule has 28 heavy (non-hydrogen) atoms. The molecule has 4 nitrogen and oxygen atoms in total. The minimum atomic E-state index is -0.838. The lowest BCUT2D eigenvalue weighted by molar-refractivity contribution is -0.162. The predicted octanol–water partition coefficient (Wildman–Crippen LogP) is 4.89. The molecule has 0 radical (unpaired) electrons. The van der Waals surface area contributed by atoms with Gasteiger partial charge in [0, 0.05) is 17.8 Å². The SMILES string of the molecule is CC(=O)[C@@]1(CC(=O)O)CC[C@H]2[C@@H]3CC[C@@H]4CC(=O)C(C)C[C@]4(C)[C@H]3CC[C@@]21C. The van der Waals surface area contributed by atoms with Crippen LogP contribution in [0.1, 0.15) is 85.5 Å². The topological polar surface area (TPSA) is 71.4 Å². The van der Waals surface area contributed by atoms with Crippen LogP contribution in [0.3, 0.4) is 0 Å². The maximum Gasteiger partial charge on any atom is 0.304 e. The predicted molar refractivity (Wildman–Crippen MR) is 107 cm³/mol. The normalized spacial score (nSPS) is 50.4. The van der Waals surface area contributed by atoms with E-state index in [1.165, 1.54) is 0 Å². The summed E-state index contributed by atoms with van der Waals surface area (Å²) in [5.74, 6) is 2.01. The van der Waals surface area contributed by atoms with Gasteiger partial charge in [0.2, 0.25) is 0 Å². The number of Topliss-reactive ketones (excluding diaryl/α,β-unsaturated/α-hetero) is 2.